The van der Waals surface area contributed by atoms with Crippen LogP contribution in [0.25, 0.3) is 0 Å². The van der Waals surface area contributed by atoms with Crippen LogP contribution in [0.1, 0.15) is 26.7 Å². The number of methoxy groups -OCH3 is 1. The molecule has 1 unspecified atom stereocenters. The summed E-state index contributed by atoms with van der Waals surface area (Å²) in [6.45, 7) is 3.24. The number of nitrogens with zero attached hydrogens (tertiary/aromatic N) is 1. The molecular weight excluding hydrogens is 274 g/mol. The monoisotopic (exact) mass is 295 g/mol. The van der Waals surface area contributed by atoms with Gasteiger partial charge < -0.3 is 9.84 Å². The third kappa shape index (κ3) is 6.53. The normalized spacial score (nSPS) is 13.3. The summed E-state index contributed by atoms with van der Waals surface area (Å²) in [5, 5.41) is 8.79. The summed E-state index contributed by atoms with van der Waals surface area (Å²) in [6.07, 6.45) is 0.189. The summed E-state index contributed by atoms with van der Waals surface area (Å²) < 4.78 is 29.5. The molecule has 0 heterocycles. The van der Waals surface area contributed by atoms with E-state index in [1.165, 1.54) is 14.0 Å². The van der Waals surface area contributed by atoms with Crippen LogP contribution in [-0.4, -0.2) is 55.7 Å². The fraction of sp³-hybridized carbons (Fsp3) is 0.818. The molecule has 1 atom stereocenters. The highest BCUT2D eigenvalue weighted by Crippen LogP contribution is 2.09. The maximum absolute atomic E-state index is 12.0. The van der Waals surface area contributed by atoms with Crippen molar-refractivity contribution in [3.05, 3.63) is 0 Å². The highest BCUT2D eigenvalue weighted by molar-refractivity contribution is 7.89. The van der Waals surface area contributed by atoms with Crippen LogP contribution in [0.3, 0.4) is 0 Å². The van der Waals surface area contributed by atoms with Crippen LogP contribution in [0, 0.1) is 5.92 Å². The van der Waals surface area contributed by atoms with Gasteiger partial charge in [-0.15, -0.1) is 0 Å². The average molecular weight is 295 g/mol. The number of carboxylic acids is 1. The molecule has 0 bridgehead atoms. The Bertz CT molecular complexity index is 405. The van der Waals surface area contributed by atoms with Crippen LogP contribution in [0.2, 0.25) is 0 Å². The zero-order valence-corrected chi connectivity index (χ0v) is 12.3. The Labute approximate surface area is 113 Å². The van der Waals surface area contributed by atoms with E-state index in [9.17, 15) is 18.0 Å². The molecule has 112 valence electrons. The Morgan fingerprint density at radius 3 is 2.37 bits per heavy atom. The molecule has 0 saturated carbocycles. The number of carbonyl (C=O) groups is 2. The van der Waals surface area contributed by atoms with Gasteiger partial charge in [0.1, 0.15) is 0 Å². The Morgan fingerprint density at radius 2 is 1.95 bits per heavy atom. The highest BCUT2D eigenvalue weighted by Gasteiger charge is 2.24. The van der Waals surface area contributed by atoms with Crippen LogP contribution >= 0.6 is 0 Å². The van der Waals surface area contributed by atoms with Crippen molar-refractivity contribution in [2.24, 2.45) is 5.92 Å². The minimum Gasteiger partial charge on any atom is -0.481 e. The first kappa shape index (κ1) is 17.8. The van der Waals surface area contributed by atoms with Crippen LogP contribution in [0.5, 0.6) is 0 Å². The van der Waals surface area contributed by atoms with Crippen molar-refractivity contribution in [3.8, 4) is 0 Å². The minimum atomic E-state index is -3.54. The molecule has 0 aromatic carbocycles. The summed E-state index contributed by atoms with van der Waals surface area (Å²) in [6, 6.07) is 0. The zero-order valence-electron chi connectivity index (χ0n) is 11.5. The van der Waals surface area contributed by atoms with Crippen molar-refractivity contribution in [2.75, 3.05) is 26.0 Å². The molecule has 0 spiro atoms. The second kappa shape index (κ2) is 8.11. The Hall–Kier alpha value is -1.15. The lowest BCUT2D eigenvalue weighted by Crippen LogP contribution is -2.38. The van der Waals surface area contributed by atoms with E-state index in [0.29, 0.717) is 0 Å². The van der Waals surface area contributed by atoms with Gasteiger partial charge in [-0.1, -0.05) is 13.8 Å². The Morgan fingerprint density at radius 1 is 1.37 bits per heavy atom. The maximum atomic E-state index is 12.0. The van der Waals surface area contributed by atoms with Gasteiger partial charge in [0.15, 0.2) is 0 Å². The summed E-state index contributed by atoms with van der Waals surface area (Å²) in [5.74, 6) is -2.46. The molecule has 0 aliphatic rings. The van der Waals surface area contributed by atoms with Gasteiger partial charge in [-0.2, -0.15) is 0 Å². The molecule has 0 aromatic heterocycles. The van der Waals surface area contributed by atoms with E-state index in [4.69, 9.17) is 5.11 Å². The van der Waals surface area contributed by atoms with Crippen LogP contribution < -0.4 is 0 Å². The van der Waals surface area contributed by atoms with E-state index >= 15 is 0 Å². The highest BCUT2D eigenvalue weighted by atomic mass is 32.2. The second-order valence-corrected chi connectivity index (χ2v) is 6.27. The lowest BCUT2D eigenvalue weighted by molar-refractivity contribution is -0.141. The smallest absolute Gasteiger partial charge is 0.307 e. The van der Waals surface area contributed by atoms with Gasteiger partial charge in [0.2, 0.25) is 10.0 Å². The predicted molar refractivity (Wildman–Crippen MR) is 69.1 cm³/mol. The first-order valence-corrected chi connectivity index (χ1v) is 7.63. The van der Waals surface area contributed by atoms with Crippen molar-refractivity contribution < 1.29 is 27.9 Å². The van der Waals surface area contributed by atoms with Crippen molar-refractivity contribution in [1.82, 2.24) is 4.31 Å². The maximum Gasteiger partial charge on any atom is 0.307 e. The number of rotatable bonds is 9. The van der Waals surface area contributed by atoms with E-state index in [1.807, 2.05) is 0 Å². The minimum absolute atomic E-state index is 0.0295. The topological polar surface area (TPSA) is 101 Å². The third-order valence-corrected chi connectivity index (χ3v) is 4.65. The van der Waals surface area contributed by atoms with E-state index in [2.05, 4.69) is 4.74 Å². The van der Waals surface area contributed by atoms with Gasteiger partial charge in [-0.3, -0.25) is 9.59 Å². The van der Waals surface area contributed by atoms with Crippen molar-refractivity contribution in [1.29, 1.82) is 0 Å². The molecule has 0 fully saturated rings. The number of aliphatic carboxylic acids is 1. The molecule has 0 aliphatic carbocycles. The quantitative estimate of drug-likeness (QED) is 0.614. The molecule has 0 saturated heterocycles. The largest absolute Gasteiger partial charge is 0.481 e. The zero-order chi connectivity index (χ0) is 15.1. The van der Waals surface area contributed by atoms with E-state index in [-0.39, 0.29) is 31.7 Å². The number of esters is 1. The van der Waals surface area contributed by atoms with Crippen LogP contribution in [0.15, 0.2) is 0 Å². The molecule has 0 radical (unpaired) electrons. The van der Waals surface area contributed by atoms with Crippen molar-refractivity contribution in [3.63, 3.8) is 0 Å². The first-order chi connectivity index (χ1) is 8.74. The number of hydrogen-bond donors (Lipinski definition) is 1. The lowest BCUT2D eigenvalue weighted by Gasteiger charge is -2.22. The van der Waals surface area contributed by atoms with E-state index in [1.54, 1.807) is 6.92 Å². The van der Waals surface area contributed by atoms with E-state index < -0.39 is 27.9 Å². The molecule has 8 heteroatoms. The molecule has 7 nitrogen and oxygen atoms in total. The summed E-state index contributed by atoms with van der Waals surface area (Å²) >= 11 is 0. The fourth-order valence-corrected chi connectivity index (χ4v) is 3.06. The third-order valence-electron chi connectivity index (χ3n) is 2.66. The van der Waals surface area contributed by atoms with E-state index in [0.717, 1.165) is 4.31 Å². The molecule has 19 heavy (non-hydrogen) atoms. The molecule has 0 rings (SSSR count). The van der Waals surface area contributed by atoms with Gasteiger partial charge >= 0.3 is 11.9 Å². The van der Waals surface area contributed by atoms with Crippen molar-refractivity contribution in [2.45, 2.75) is 26.7 Å². The molecule has 0 amide bonds. The number of carbonyl (C=O) groups excluding carboxylic acids is 1. The SMILES string of the molecule is CCN(CC(C)C(=O)O)S(=O)(=O)CCCC(=O)OC. The van der Waals surface area contributed by atoms with Gasteiger partial charge in [0.25, 0.3) is 0 Å². The van der Waals surface area contributed by atoms with Crippen LogP contribution in [-0.2, 0) is 24.3 Å². The fourth-order valence-electron chi connectivity index (χ4n) is 1.45. The number of carboxylic acid groups (broad SMARTS) is 1. The molecular formula is C11H21NO6S. The number of ether oxygens (including phenoxy) is 1. The number of hydrogen-bond acceptors (Lipinski definition) is 5. The Balaban J connectivity index is 4.49. The first-order valence-electron chi connectivity index (χ1n) is 6.02. The average Bonchev–Trinajstić information content (AvgIpc) is 2.34. The van der Waals surface area contributed by atoms with Crippen molar-refractivity contribution >= 4 is 22.0 Å². The summed E-state index contributed by atoms with van der Waals surface area (Å²) in [4.78, 5) is 21.6. The molecule has 0 aliphatic heterocycles. The second-order valence-electron chi connectivity index (χ2n) is 4.19. The Kier molecular flexibility index (Phi) is 7.62. The lowest BCUT2D eigenvalue weighted by atomic mass is 10.2. The van der Waals surface area contributed by atoms with Gasteiger partial charge in [-0.25, -0.2) is 12.7 Å². The predicted octanol–water partition coefficient (Wildman–Crippen LogP) is 0.312. The van der Waals surface area contributed by atoms with Gasteiger partial charge in [0, 0.05) is 19.5 Å². The molecule has 1 N–H and O–H groups in total. The van der Waals surface area contributed by atoms with Gasteiger partial charge in [-0.05, 0) is 6.42 Å². The molecule has 0 aromatic rings. The van der Waals surface area contributed by atoms with Crippen LogP contribution in [0.4, 0.5) is 0 Å². The summed E-state index contributed by atoms with van der Waals surface area (Å²) in [5.41, 5.74) is 0. The standard InChI is InChI=1S/C11H21NO6S/c1-4-12(8-9(2)11(14)15)19(16,17)7-5-6-10(13)18-3/h9H,4-8H2,1-3H3,(H,14,15). The number of sulfonamides is 1. The van der Waals surface area contributed by atoms with Gasteiger partial charge in [0.05, 0.1) is 18.8 Å². The summed E-state index contributed by atoms with van der Waals surface area (Å²) in [7, 11) is -2.30.